The monoisotopic (exact) mass is 354 g/mol. The largest absolute Gasteiger partial charge is 0.356 e. The van der Waals surface area contributed by atoms with Crippen molar-refractivity contribution in [3.05, 3.63) is 46.6 Å². The fraction of sp³-hybridized carbons (Fsp3) is 0.333. The van der Waals surface area contributed by atoms with Gasteiger partial charge in [-0.3, -0.25) is 9.53 Å². The molecule has 0 radical (unpaired) electrons. The highest BCUT2D eigenvalue weighted by molar-refractivity contribution is 7.85. The third-order valence-electron chi connectivity index (χ3n) is 4.35. The van der Waals surface area contributed by atoms with Gasteiger partial charge in [0.15, 0.2) is 6.04 Å². The van der Waals surface area contributed by atoms with Crippen molar-refractivity contribution in [1.29, 1.82) is 0 Å². The van der Waals surface area contributed by atoms with Gasteiger partial charge in [-0.2, -0.15) is 4.57 Å². The van der Waals surface area contributed by atoms with Crippen molar-refractivity contribution in [3.63, 3.8) is 0 Å². The maximum atomic E-state index is 13.2. The number of nitrogens with one attached hydrogen (secondary N) is 1. The van der Waals surface area contributed by atoms with Gasteiger partial charge in [0.05, 0.1) is 10.8 Å². The molecule has 0 bridgehead atoms. The van der Waals surface area contributed by atoms with E-state index in [-0.39, 0.29) is 11.1 Å². The van der Waals surface area contributed by atoms with Gasteiger partial charge < -0.3 is 5.11 Å². The van der Waals surface area contributed by atoms with Gasteiger partial charge >= 0.3 is 5.28 Å². The molecule has 0 fully saturated rings. The summed E-state index contributed by atoms with van der Waals surface area (Å²) in [6.07, 6.45) is 0.598. The Kier molecular flexibility index (Phi) is 3.23. The first kappa shape index (κ1) is 15.0. The highest BCUT2D eigenvalue weighted by Gasteiger charge is 2.52. The highest BCUT2D eigenvalue weighted by atomic mass is 35.5. The second kappa shape index (κ2) is 4.96. The van der Waals surface area contributed by atoms with Crippen molar-refractivity contribution in [2.75, 3.05) is 11.1 Å². The Labute approximate surface area is 139 Å². The van der Waals surface area contributed by atoms with Crippen LogP contribution in [0.15, 0.2) is 29.2 Å². The summed E-state index contributed by atoms with van der Waals surface area (Å²) < 4.78 is 26.9. The topological polar surface area (TPSA) is 66.1 Å². The van der Waals surface area contributed by atoms with E-state index in [1.54, 1.807) is 19.1 Å². The average molecular weight is 355 g/mol. The van der Waals surface area contributed by atoms with Crippen LogP contribution in [0, 0.1) is 5.82 Å². The second-order valence-electron chi connectivity index (χ2n) is 5.86. The van der Waals surface area contributed by atoms with Crippen LogP contribution in [0.2, 0.25) is 5.28 Å². The van der Waals surface area contributed by atoms with E-state index >= 15 is 0 Å². The third kappa shape index (κ3) is 2.10. The normalized spacial score (nSPS) is 28.3. The second-order valence-corrected chi connectivity index (χ2v) is 7.71. The summed E-state index contributed by atoms with van der Waals surface area (Å²) in [4.78, 5) is 4.89. The molecule has 3 atom stereocenters. The van der Waals surface area contributed by atoms with E-state index < -0.39 is 22.6 Å². The van der Waals surface area contributed by atoms with E-state index in [4.69, 9.17) is 11.6 Å². The molecule has 2 N–H and O–H groups in total. The number of hydrogen-bond donors (Lipinski definition) is 2. The standard InChI is InChI=1S/C15H13ClFN3O2S/c1-15(21)12(8-2-4-9(17)5-3-8)19-13-11-10(6-7-23(11)22)18-14(16)20(13)15/h2-5,12,21H,6-7H2,1H3/p+1. The van der Waals surface area contributed by atoms with E-state index in [9.17, 15) is 13.7 Å². The molecule has 0 amide bonds. The fourth-order valence-electron chi connectivity index (χ4n) is 3.24. The molecular weight excluding hydrogens is 341 g/mol. The number of aliphatic hydroxyl groups is 1. The third-order valence-corrected chi connectivity index (χ3v) is 6.06. The van der Waals surface area contributed by atoms with Crippen molar-refractivity contribution in [2.45, 2.75) is 30.0 Å². The first-order valence-corrected chi connectivity index (χ1v) is 8.87. The molecule has 2 aromatic rings. The summed E-state index contributed by atoms with van der Waals surface area (Å²) >= 11 is 6.26. The van der Waals surface area contributed by atoms with Crippen LogP contribution >= 0.6 is 11.6 Å². The van der Waals surface area contributed by atoms with E-state index in [0.717, 1.165) is 0 Å². The van der Waals surface area contributed by atoms with Crippen molar-refractivity contribution < 1.29 is 18.3 Å². The number of rotatable bonds is 1. The number of benzene rings is 1. The zero-order valence-corrected chi connectivity index (χ0v) is 13.8. The number of halogens is 2. The van der Waals surface area contributed by atoms with Crippen LogP contribution in [0.1, 0.15) is 24.2 Å². The van der Waals surface area contributed by atoms with E-state index in [1.165, 1.54) is 16.7 Å². The molecule has 23 heavy (non-hydrogen) atoms. The average Bonchev–Trinajstić information content (AvgIpc) is 2.98. The first-order chi connectivity index (χ1) is 10.9. The first-order valence-electron chi connectivity index (χ1n) is 7.17. The van der Waals surface area contributed by atoms with E-state index in [0.29, 0.717) is 34.1 Å². The van der Waals surface area contributed by atoms with Gasteiger partial charge in [0.1, 0.15) is 16.4 Å². The zero-order valence-electron chi connectivity index (χ0n) is 12.2. The Morgan fingerprint density at radius 3 is 2.87 bits per heavy atom. The van der Waals surface area contributed by atoms with Crippen LogP contribution in [-0.4, -0.2) is 20.1 Å². The van der Waals surface area contributed by atoms with E-state index in [2.05, 4.69) is 10.3 Å². The summed E-state index contributed by atoms with van der Waals surface area (Å²) in [6, 6.07) is 5.33. The Hall–Kier alpha value is -1.57. The van der Waals surface area contributed by atoms with Gasteiger partial charge in [-0.1, -0.05) is 17.1 Å². The van der Waals surface area contributed by atoms with Crippen molar-refractivity contribution >= 4 is 28.2 Å². The molecule has 4 rings (SSSR count). The lowest BCUT2D eigenvalue weighted by molar-refractivity contribution is -0.785. The SMILES string of the molecule is CC1(O)C(c2ccc(F)cc2)Nc2c3c(nc(Cl)[n+]21)CCS3=O. The van der Waals surface area contributed by atoms with Gasteiger partial charge in [0.25, 0.3) is 0 Å². The summed E-state index contributed by atoms with van der Waals surface area (Å²) in [6.45, 7) is 1.60. The Morgan fingerprint density at radius 2 is 2.17 bits per heavy atom. The van der Waals surface area contributed by atoms with Crippen LogP contribution in [0.3, 0.4) is 0 Å². The molecule has 3 heterocycles. The number of fused-ring (bicyclic) bond motifs is 3. The minimum absolute atomic E-state index is 0.139. The van der Waals surface area contributed by atoms with Crippen LogP contribution in [0.5, 0.6) is 0 Å². The Bertz CT molecular complexity index is 842. The highest BCUT2D eigenvalue weighted by Crippen LogP contribution is 2.41. The fourth-order valence-corrected chi connectivity index (χ4v) is 4.96. The summed E-state index contributed by atoms with van der Waals surface area (Å²) in [5.41, 5.74) is -0.0182. The van der Waals surface area contributed by atoms with Crippen molar-refractivity contribution in [1.82, 2.24) is 4.98 Å². The molecule has 1 aromatic heterocycles. The molecule has 5 nitrogen and oxygen atoms in total. The summed E-state index contributed by atoms with van der Waals surface area (Å²) in [5.74, 6) is 0.675. The molecule has 0 spiro atoms. The van der Waals surface area contributed by atoms with Crippen LogP contribution < -0.4 is 9.88 Å². The molecule has 8 heteroatoms. The lowest BCUT2D eigenvalue weighted by Gasteiger charge is -2.22. The lowest BCUT2D eigenvalue weighted by atomic mass is 9.98. The van der Waals surface area contributed by atoms with Gasteiger partial charge in [0.2, 0.25) is 11.5 Å². The maximum absolute atomic E-state index is 13.2. The number of aromatic nitrogens is 2. The predicted molar refractivity (Wildman–Crippen MR) is 83.1 cm³/mol. The van der Waals surface area contributed by atoms with Gasteiger partial charge in [-0.05, 0) is 29.3 Å². The molecular formula is C15H14ClFN3O2S+. The van der Waals surface area contributed by atoms with Crippen molar-refractivity contribution in [3.8, 4) is 0 Å². The Balaban J connectivity index is 1.89. The van der Waals surface area contributed by atoms with Crippen molar-refractivity contribution in [2.24, 2.45) is 0 Å². The summed E-state index contributed by atoms with van der Waals surface area (Å²) in [7, 11) is -1.17. The van der Waals surface area contributed by atoms with Gasteiger partial charge in [-0.15, -0.1) is 0 Å². The smallest absolute Gasteiger partial charge is 0.337 e. The summed E-state index contributed by atoms with van der Waals surface area (Å²) in [5, 5.41) is 14.4. The quantitative estimate of drug-likeness (QED) is 0.604. The molecule has 0 aliphatic carbocycles. The molecule has 2 aliphatic rings. The molecule has 2 aliphatic heterocycles. The van der Waals surface area contributed by atoms with Gasteiger partial charge in [-0.25, -0.2) is 4.39 Å². The molecule has 120 valence electrons. The number of anilines is 1. The Morgan fingerprint density at radius 1 is 1.48 bits per heavy atom. The number of aryl methyl sites for hydroxylation is 1. The van der Waals surface area contributed by atoms with E-state index in [1.807, 2.05) is 0 Å². The lowest BCUT2D eigenvalue weighted by Crippen LogP contribution is -2.55. The maximum Gasteiger partial charge on any atom is 0.337 e. The van der Waals surface area contributed by atoms with Crippen LogP contribution in [0.25, 0.3) is 0 Å². The molecule has 3 unspecified atom stereocenters. The minimum Gasteiger partial charge on any atom is -0.356 e. The van der Waals surface area contributed by atoms with Crippen LogP contribution in [-0.2, 0) is 22.9 Å². The predicted octanol–water partition coefficient (Wildman–Crippen LogP) is 1.66. The van der Waals surface area contributed by atoms with Crippen LogP contribution in [0.4, 0.5) is 10.2 Å². The zero-order chi connectivity index (χ0) is 16.4. The molecule has 1 aromatic carbocycles. The minimum atomic E-state index is -1.42. The van der Waals surface area contributed by atoms with Gasteiger partial charge in [0, 0.05) is 19.1 Å². The molecule has 0 saturated carbocycles. The number of nitrogens with zero attached hydrogens (tertiary/aromatic N) is 2. The number of hydrogen-bond acceptors (Lipinski definition) is 4. The molecule has 0 saturated heterocycles.